The molecule has 0 unspecified atom stereocenters. The molecule has 6 heavy (non-hydrogen) atoms. The summed E-state index contributed by atoms with van der Waals surface area (Å²) in [6.07, 6.45) is 0. The summed E-state index contributed by atoms with van der Waals surface area (Å²) in [7, 11) is 0. The highest BCUT2D eigenvalue weighted by Gasteiger charge is 2.01. The molecule has 36 valence electrons. The minimum Gasteiger partial charge on any atom is -0.295 e. The third kappa shape index (κ3) is 4.93. The first-order chi connectivity index (χ1) is 2.56. The van der Waals surface area contributed by atoms with Crippen molar-refractivity contribution in [3.8, 4) is 0 Å². The number of rotatable bonds is 1. The van der Waals surface area contributed by atoms with Crippen LogP contribution in [0.2, 0.25) is 0 Å². The number of halogens is 2. The van der Waals surface area contributed by atoms with E-state index >= 15 is 0 Å². The first kappa shape index (κ1) is 6.93. The molecule has 1 nitrogen and oxygen atoms in total. The highest BCUT2D eigenvalue weighted by molar-refractivity contribution is 9.71. The van der Waals surface area contributed by atoms with Crippen molar-refractivity contribution in [2.45, 2.75) is 0 Å². The normalized spacial score (nSPS) is 11.0. The van der Waals surface area contributed by atoms with Crippen molar-refractivity contribution in [1.82, 2.24) is 0 Å². The van der Waals surface area contributed by atoms with Gasteiger partial charge in [0.1, 0.15) is 0 Å². The van der Waals surface area contributed by atoms with Crippen molar-refractivity contribution >= 4 is 35.5 Å². The van der Waals surface area contributed by atoms with Gasteiger partial charge in [-0.3, -0.25) is 4.57 Å². The first-order valence-corrected chi connectivity index (χ1v) is 7.00. The fraction of sp³-hybridized carbons (Fsp3) is 0. The van der Waals surface area contributed by atoms with Gasteiger partial charge in [0.2, 0.25) is 4.55 Å². The summed E-state index contributed by atoms with van der Waals surface area (Å²) in [5, 5.41) is 0. The zero-order valence-corrected chi connectivity index (χ0v) is 6.96. The van der Waals surface area contributed by atoms with Crippen LogP contribution in [0, 0.1) is 0 Å². The predicted molar refractivity (Wildman–Crippen MR) is 35.7 cm³/mol. The number of hydrogen-bond acceptors (Lipinski definition) is 1. The third-order valence-electron chi connectivity index (χ3n) is 0.213. The molecule has 4 heteroatoms. The standard InChI is InChI=1S/C2H3Br2OP/c1-2-6(3,4)5/h2H,1H2. The zero-order chi connectivity index (χ0) is 5.21. The maximum absolute atomic E-state index is 10.3. The Bertz CT molecular complexity index is 93.7. The summed E-state index contributed by atoms with van der Waals surface area (Å²) in [5.74, 6) is 1.33. The Balaban J connectivity index is 3.81. The lowest BCUT2D eigenvalue weighted by molar-refractivity contribution is 0.599. The first-order valence-electron chi connectivity index (χ1n) is 1.19. The van der Waals surface area contributed by atoms with Crippen LogP contribution in [0.1, 0.15) is 0 Å². The van der Waals surface area contributed by atoms with Crippen molar-refractivity contribution in [2.24, 2.45) is 0 Å². The van der Waals surface area contributed by atoms with E-state index in [0.717, 1.165) is 0 Å². The summed E-state index contributed by atoms with van der Waals surface area (Å²) in [5.41, 5.74) is 0. The van der Waals surface area contributed by atoms with Crippen LogP contribution in [0.15, 0.2) is 12.4 Å². The van der Waals surface area contributed by atoms with Crippen LogP contribution in [-0.4, -0.2) is 0 Å². The lowest BCUT2D eigenvalue weighted by atomic mass is 11.3. The van der Waals surface area contributed by atoms with Crippen molar-refractivity contribution < 1.29 is 4.57 Å². The summed E-state index contributed by atoms with van der Waals surface area (Å²) >= 11 is 5.66. The van der Waals surface area contributed by atoms with E-state index in [1.54, 1.807) is 0 Å². The van der Waals surface area contributed by atoms with Gasteiger partial charge in [0.25, 0.3) is 0 Å². The molecule has 0 aliphatic rings. The van der Waals surface area contributed by atoms with E-state index in [1.165, 1.54) is 5.82 Å². The molecule has 0 aliphatic heterocycles. The molecule has 0 aromatic rings. The summed E-state index contributed by atoms with van der Waals surface area (Å²) in [6.45, 7) is 3.28. The number of hydrogen-bond donors (Lipinski definition) is 0. The summed E-state index contributed by atoms with van der Waals surface area (Å²) in [4.78, 5) is 0. The third-order valence-corrected chi connectivity index (χ3v) is 2.38. The van der Waals surface area contributed by atoms with Gasteiger partial charge in [-0.05, 0) is 36.8 Å². The van der Waals surface area contributed by atoms with Crippen LogP contribution in [0.4, 0.5) is 0 Å². The maximum Gasteiger partial charge on any atom is 0.228 e. The van der Waals surface area contributed by atoms with E-state index in [4.69, 9.17) is 0 Å². The van der Waals surface area contributed by atoms with Crippen LogP contribution in [-0.2, 0) is 4.57 Å². The minimum atomic E-state index is -2.26. The molecule has 0 atom stereocenters. The van der Waals surface area contributed by atoms with Crippen molar-refractivity contribution in [3.63, 3.8) is 0 Å². The Morgan fingerprint density at radius 2 is 1.83 bits per heavy atom. The van der Waals surface area contributed by atoms with Gasteiger partial charge in [-0.15, -0.1) is 0 Å². The maximum atomic E-state index is 10.3. The Morgan fingerprint density at radius 1 is 1.67 bits per heavy atom. The molecule has 0 rings (SSSR count). The van der Waals surface area contributed by atoms with Gasteiger partial charge in [-0.1, -0.05) is 6.58 Å². The topological polar surface area (TPSA) is 17.1 Å². The second kappa shape index (κ2) is 2.29. The Morgan fingerprint density at radius 3 is 1.83 bits per heavy atom. The molecule has 0 spiro atoms. The van der Waals surface area contributed by atoms with Crippen LogP contribution in [0.25, 0.3) is 0 Å². The van der Waals surface area contributed by atoms with E-state index in [-0.39, 0.29) is 0 Å². The van der Waals surface area contributed by atoms with Crippen LogP contribution >= 0.6 is 35.5 Å². The molecular formula is C2H3Br2OP. The van der Waals surface area contributed by atoms with E-state index in [1.807, 2.05) is 0 Å². The molecule has 0 aromatic heterocycles. The molecule has 0 aromatic carbocycles. The largest absolute Gasteiger partial charge is 0.295 e. The Labute approximate surface area is 52.7 Å². The molecule has 0 radical (unpaired) electrons. The lowest BCUT2D eigenvalue weighted by Gasteiger charge is -1.83. The van der Waals surface area contributed by atoms with Crippen LogP contribution < -0.4 is 0 Å². The molecular weight excluding hydrogens is 231 g/mol. The van der Waals surface area contributed by atoms with Gasteiger partial charge < -0.3 is 0 Å². The molecule has 0 N–H and O–H groups in total. The van der Waals surface area contributed by atoms with E-state index < -0.39 is 4.55 Å². The van der Waals surface area contributed by atoms with E-state index in [2.05, 4.69) is 37.6 Å². The van der Waals surface area contributed by atoms with E-state index in [9.17, 15) is 4.57 Å². The molecule has 0 aliphatic carbocycles. The van der Waals surface area contributed by atoms with Crippen molar-refractivity contribution in [3.05, 3.63) is 12.4 Å². The SMILES string of the molecule is C=CP(=O)(Br)Br. The monoisotopic (exact) mass is 232 g/mol. The molecule has 0 amide bonds. The van der Waals surface area contributed by atoms with Crippen molar-refractivity contribution in [1.29, 1.82) is 0 Å². The zero-order valence-electron chi connectivity index (χ0n) is 2.90. The second-order valence-corrected chi connectivity index (χ2v) is 11.2. The molecule has 0 saturated carbocycles. The predicted octanol–water partition coefficient (Wildman–Crippen LogP) is 3.11. The van der Waals surface area contributed by atoms with Gasteiger partial charge in [0.05, 0.1) is 0 Å². The molecule has 0 bridgehead atoms. The molecule has 0 fully saturated rings. The van der Waals surface area contributed by atoms with Gasteiger partial charge >= 0.3 is 0 Å². The Hall–Kier alpha value is 0.930. The average Bonchev–Trinajstić information content (AvgIpc) is 1.35. The van der Waals surface area contributed by atoms with Crippen molar-refractivity contribution in [2.75, 3.05) is 0 Å². The lowest BCUT2D eigenvalue weighted by Crippen LogP contribution is -1.33. The second-order valence-electron chi connectivity index (χ2n) is 0.685. The van der Waals surface area contributed by atoms with Gasteiger partial charge in [0, 0.05) is 0 Å². The van der Waals surface area contributed by atoms with Gasteiger partial charge in [-0.25, -0.2) is 0 Å². The van der Waals surface area contributed by atoms with Crippen LogP contribution in [0.5, 0.6) is 0 Å². The highest BCUT2D eigenvalue weighted by Crippen LogP contribution is 2.62. The summed E-state index contributed by atoms with van der Waals surface area (Å²) in [6, 6.07) is 0. The van der Waals surface area contributed by atoms with Gasteiger partial charge in [-0.2, -0.15) is 0 Å². The Kier molecular flexibility index (Phi) is 2.65. The molecule has 0 saturated heterocycles. The average molecular weight is 234 g/mol. The highest BCUT2D eigenvalue weighted by atomic mass is 79.9. The quantitative estimate of drug-likeness (QED) is 0.637. The van der Waals surface area contributed by atoms with E-state index in [0.29, 0.717) is 0 Å². The van der Waals surface area contributed by atoms with Gasteiger partial charge in [0.15, 0.2) is 0 Å². The molecule has 0 heterocycles. The summed E-state index contributed by atoms with van der Waals surface area (Å²) < 4.78 is 8.04. The fourth-order valence-corrected chi connectivity index (χ4v) is 0. The van der Waals surface area contributed by atoms with Crippen LogP contribution in [0.3, 0.4) is 0 Å². The smallest absolute Gasteiger partial charge is 0.228 e. The fourth-order valence-electron chi connectivity index (χ4n) is 0. The minimum absolute atomic E-state index is 1.33.